The first-order valence-electron chi connectivity index (χ1n) is 8.07. The highest BCUT2D eigenvalue weighted by molar-refractivity contribution is 5.91. The lowest BCUT2D eigenvalue weighted by molar-refractivity contribution is -0.118. The molecule has 5 heteroatoms. The van der Waals surface area contributed by atoms with Crippen LogP contribution in [0.1, 0.15) is 19.4 Å². The van der Waals surface area contributed by atoms with Crippen molar-refractivity contribution >= 4 is 11.6 Å². The summed E-state index contributed by atoms with van der Waals surface area (Å²) in [6, 6.07) is 15.0. The van der Waals surface area contributed by atoms with Crippen molar-refractivity contribution < 1.29 is 14.3 Å². The van der Waals surface area contributed by atoms with E-state index in [9.17, 15) is 4.79 Å². The molecule has 0 radical (unpaired) electrons. The molecule has 1 amide bonds. The van der Waals surface area contributed by atoms with E-state index in [0.29, 0.717) is 18.1 Å². The Bertz CT molecular complexity index is 657. The Kier molecular flexibility index (Phi) is 6.63. The molecule has 0 saturated heterocycles. The first-order valence-corrected chi connectivity index (χ1v) is 8.07. The third-order valence-electron chi connectivity index (χ3n) is 3.28. The minimum atomic E-state index is -0.219. The van der Waals surface area contributed by atoms with Crippen LogP contribution in [0.4, 0.5) is 5.69 Å². The predicted molar refractivity (Wildman–Crippen MR) is 95.5 cm³/mol. The van der Waals surface area contributed by atoms with Crippen molar-refractivity contribution in [1.29, 1.82) is 0 Å². The van der Waals surface area contributed by atoms with Crippen molar-refractivity contribution in [2.24, 2.45) is 5.73 Å². The van der Waals surface area contributed by atoms with E-state index in [1.54, 1.807) is 0 Å². The number of nitrogens with two attached hydrogens (primary N) is 1. The van der Waals surface area contributed by atoms with Gasteiger partial charge in [0.05, 0.1) is 6.61 Å². The van der Waals surface area contributed by atoms with Crippen LogP contribution in [-0.4, -0.2) is 25.2 Å². The van der Waals surface area contributed by atoms with Gasteiger partial charge in [0, 0.05) is 11.7 Å². The van der Waals surface area contributed by atoms with E-state index >= 15 is 0 Å². The van der Waals surface area contributed by atoms with E-state index in [1.165, 1.54) is 0 Å². The van der Waals surface area contributed by atoms with Crippen LogP contribution in [0, 0.1) is 0 Å². The summed E-state index contributed by atoms with van der Waals surface area (Å²) >= 11 is 0. The average molecular weight is 328 g/mol. The Hall–Kier alpha value is -2.53. The van der Waals surface area contributed by atoms with Gasteiger partial charge in [-0.05, 0) is 50.1 Å². The first kappa shape index (κ1) is 17.8. The number of para-hydroxylation sites is 1. The van der Waals surface area contributed by atoms with Crippen molar-refractivity contribution in [2.45, 2.75) is 26.3 Å². The molecular weight excluding hydrogens is 304 g/mol. The number of anilines is 1. The number of amides is 1. The van der Waals surface area contributed by atoms with Crippen LogP contribution >= 0.6 is 0 Å². The van der Waals surface area contributed by atoms with E-state index in [0.717, 1.165) is 17.7 Å². The summed E-state index contributed by atoms with van der Waals surface area (Å²) < 4.78 is 11.2. The van der Waals surface area contributed by atoms with Crippen LogP contribution < -0.4 is 20.5 Å². The topological polar surface area (TPSA) is 73.6 Å². The molecule has 0 bridgehead atoms. The number of benzene rings is 2. The summed E-state index contributed by atoms with van der Waals surface area (Å²) in [6.45, 7) is 4.30. The molecule has 0 aliphatic heterocycles. The maximum Gasteiger partial charge on any atom is 0.262 e. The quantitative estimate of drug-likeness (QED) is 0.781. The first-order chi connectivity index (χ1) is 11.6. The van der Waals surface area contributed by atoms with Gasteiger partial charge in [0.15, 0.2) is 18.1 Å². The molecule has 2 aromatic rings. The average Bonchev–Trinajstić information content (AvgIpc) is 2.55. The summed E-state index contributed by atoms with van der Waals surface area (Å²) in [7, 11) is 0. The highest BCUT2D eigenvalue weighted by Crippen LogP contribution is 2.29. The number of ether oxygens (including phenoxy) is 2. The van der Waals surface area contributed by atoms with Gasteiger partial charge in [0.25, 0.3) is 5.91 Å². The van der Waals surface area contributed by atoms with Crippen molar-refractivity contribution in [2.75, 3.05) is 18.5 Å². The minimum Gasteiger partial charge on any atom is -0.490 e. The molecule has 1 atom stereocenters. The Morgan fingerprint density at radius 3 is 2.54 bits per heavy atom. The molecule has 0 fully saturated rings. The van der Waals surface area contributed by atoms with E-state index in [1.807, 2.05) is 62.4 Å². The van der Waals surface area contributed by atoms with Crippen LogP contribution in [0.25, 0.3) is 0 Å². The zero-order valence-electron chi connectivity index (χ0n) is 14.1. The Morgan fingerprint density at radius 2 is 1.88 bits per heavy atom. The lowest BCUT2D eigenvalue weighted by Gasteiger charge is -2.14. The number of hydrogen-bond acceptors (Lipinski definition) is 4. The number of hydrogen-bond donors (Lipinski definition) is 2. The van der Waals surface area contributed by atoms with Gasteiger partial charge in [-0.1, -0.05) is 24.3 Å². The lowest BCUT2D eigenvalue weighted by atomic mass is 10.1. The SMILES string of the molecule is CCOc1cc(CC(C)N)ccc1OCC(=O)Nc1ccccc1. The molecule has 0 aromatic heterocycles. The maximum atomic E-state index is 12.0. The van der Waals surface area contributed by atoms with E-state index in [2.05, 4.69) is 5.32 Å². The molecule has 3 N–H and O–H groups in total. The zero-order chi connectivity index (χ0) is 17.4. The largest absolute Gasteiger partial charge is 0.490 e. The van der Waals surface area contributed by atoms with Crippen molar-refractivity contribution in [3.05, 3.63) is 54.1 Å². The molecule has 0 aliphatic carbocycles. The van der Waals surface area contributed by atoms with Gasteiger partial charge in [-0.25, -0.2) is 0 Å². The Morgan fingerprint density at radius 1 is 1.12 bits per heavy atom. The molecule has 0 aliphatic rings. The fourth-order valence-corrected chi connectivity index (χ4v) is 2.30. The van der Waals surface area contributed by atoms with Gasteiger partial charge in [-0.15, -0.1) is 0 Å². The Labute approximate surface area is 142 Å². The zero-order valence-corrected chi connectivity index (χ0v) is 14.1. The third-order valence-corrected chi connectivity index (χ3v) is 3.28. The van der Waals surface area contributed by atoms with Crippen LogP contribution in [-0.2, 0) is 11.2 Å². The Balaban J connectivity index is 1.98. The summed E-state index contributed by atoms with van der Waals surface area (Å²) in [5, 5.41) is 2.78. The summed E-state index contributed by atoms with van der Waals surface area (Å²) in [5.74, 6) is 0.958. The van der Waals surface area contributed by atoms with Crippen LogP contribution in [0.15, 0.2) is 48.5 Å². The summed E-state index contributed by atoms with van der Waals surface area (Å²) in [6.07, 6.45) is 0.759. The predicted octanol–water partition coefficient (Wildman–Crippen LogP) is 2.99. The molecule has 0 spiro atoms. The van der Waals surface area contributed by atoms with Crippen LogP contribution in [0.2, 0.25) is 0 Å². The van der Waals surface area contributed by atoms with Crippen LogP contribution in [0.5, 0.6) is 11.5 Å². The van der Waals surface area contributed by atoms with Gasteiger partial charge in [-0.3, -0.25) is 4.79 Å². The molecule has 2 rings (SSSR count). The fourth-order valence-electron chi connectivity index (χ4n) is 2.30. The molecule has 24 heavy (non-hydrogen) atoms. The van der Waals surface area contributed by atoms with E-state index in [4.69, 9.17) is 15.2 Å². The maximum absolute atomic E-state index is 12.0. The fraction of sp³-hybridized carbons (Fsp3) is 0.316. The minimum absolute atomic E-state index is 0.0721. The lowest BCUT2D eigenvalue weighted by Crippen LogP contribution is -2.20. The molecule has 5 nitrogen and oxygen atoms in total. The second-order valence-corrected chi connectivity index (χ2v) is 5.60. The number of carbonyl (C=O) groups excluding carboxylic acids is 1. The van der Waals surface area contributed by atoms with Gasteiger partial charge in [0.1, 0.15) is 0 Å². The highest BCUT2D eigenvalue weighted by Gasteiger charge is 2.10. The standard InChI is InChI=1S/C19H24N2O3/c1-3-23-18-12-15(11-14(2)20)9-10-17(18)24-13-19(22)21-16-7-5-4-6-8-16/h4-10,12,14H,3,11,13,20H2,1-2H3,(H,21,22). The van der Waals surface area contributed by atoms with Gasteiger partial charge < -0.3 is 20.5 Å². The van der Waals surface area contributed by atoms with Gasteiger partial charge >= 0.3 is 0 Å². The van der Waals surface area contributed by atoms with E-state index < -0.39 is 0 Å². The molecular formula is C19H24N2O3. The molecule has 1 unspecified atom stereocenters. The molecule has 2 aromatic carbocycles. The second kappa shape index (κ2) is 8.93. The summed E-state index contributed by atoms with van der Waals surface area (Å²) in [5.41, 5.74) is 7.65. The number of rotatable bonds is 8. The smallest absolute Gasteiger partial charge is 0.262 e. The molecule has 0 saturated carbocycles. The van der Waals surface area contributed by atoms with Crippen molar-refractivity contribution in [3.63, 3.8) is 0 Å². The monoisotopic (exact) mass is 328 g/mol. The van der Waals surface area contributed by atoms with Gasteiger partial charge in [-0.2, -0.15) is 0 Å². The highest BCUT2D eigenvalue weighted by atomic mass is 16.5. The normalized spacial score (nSPS) is 11.6. The van der Waals surface area contributed by atoms with Crippen molar-refractivity contribution in [1.82, 2.24) is 0 Å². The number of carbonyl (C=O) groups is 1. The number of nitrogens with one attached hydrogen (secondary N) is 1. The second-order valence-electron chi connectivity index (χ2n) is 5.60. The summed E-state index contributed by atoms with van der Waals surface area (Å²) in [4.78, 5) is 12.0. The van der Waals surface area contributed by atoms with Crippen LogP contribution in [0.3, 0.4) is 0 Å². The van der Waals surface area contributed by atoms with Crippen molar-refractivity contribution in [3.8, 4) is 11.5 Å². The molecule has 0 heterocycles. The van der Waals surface area contributed by atoms with Gasteiger partial charge in [0.2, 0.25) is 0 Å². The molecule has 128 valence electrons. The third kappa shape index (κ3) is 5.59. The van der Waals surface area contributed by atoms with E-state index in [-0.39, 0.29) is 18.6 Å².